The summed E-state index contributed by atoms with van der Waals surface area (Å²) in [5.41, 5.74) is -0.179. The zero-order valence-corrected chi connectivity index (χ0v) is 9.08. The standard InChI is InChI=1S/C9H12N2O3S/c1-5-3-11(9(14)10-8(5)13)7-2-6(4-12)15-7/h3,6-7,12H,2,4H2,1H3,(H,10,13,14)/t6-,7-/m0/s1. The minimum absolute atomic E-state index is 0.0465. The number of aliphatic hydroxyl groups excluding tert-OH is 1. The van der Waals surface area contributed by atoms with Gasteiger partial charge in [0.2, 0.25) is 0 Å². The van der Waals surface area contributed by atoms with Crippen molar-refractivity contribution in [2.45, 2.75) is 24.0 Å². The predicted octanol–water partition coefficient (Wildman–Crippen LogP) is -0.159. The molecule has 0 saturated carbocycles. The van der Waals surface area contributed by atoms with Crippen LogP contribution in [0.5, 0.6) is 0 Å². The highest BCUT2D eigenvalue weighted by atomic mass is 32.2. The van der Waals surface area contributed by atoms with Crippen LogP contribution in [0.25, 0.3) is 0 Å². The molecular formula is C9H12N2O3S. The van der Waals surface area contributed by atoms with E-state index in [0.29, 0.717) is 5.56 Å². The lowest BCUT2D eigenvalue weighted by Crippen LogP contribution is -2.38. The first kappa shape index (κ1) is 10.5. The van der Waals surface area contributed by atoms with Crippen LogP contribution in [-0.2, 0) is 0 Å². The molecule has 5 nitrogen and oxygen atoms in total. The van der Waals surface area contributed by atoms with Gasteiger partial charge in [0, 0.05) is 17.0 Å². The lowest BCUT2D eigenvalue weighted by atomic mass is 10.3. The number of rotatable bonds is 2. The Morgan fingerprint density at radius 3 is 2.93 bits per heavy atom. The monoisotopic (exact) mass is 228 g/mol. The Hall–Kier alpha value is -1.01. The number of nitrogens with one attached hydrogen (secondary N) is 1. The molecule has 1 aromatic rings. The second kappa shape index (κ2) is 3.86. The second-order valence-electron chi connectivity index (χ2n) is 3.61. The van der Waals surface area contributed by atoms with Crippen molar-refractivity contribution in [3.8, 4) is 0 Å². The molecule has 2 atom stereocenters. The number of hydrogen-bond acceptors (Lipinski definition) is 4. The van der Waals surface area contributed by atoms with Gasteiger partial charge in [-0.1, -0.05) is 0 Å². The van der Waals surface area contributed by atoms with Crippen LogP contribution in [0.1, 0.15) is 17.4 Å². The Kier molecular flexibility index (Phi) is 2.70. The van der Waals surface area contributed by atoms with E-state index in [4.69, 9.17) is 5.11 Å². The molecule has 1 aliphatic heterocycles. The van der Waals surface area contributed by atoms with E-state index < -0.39 is 0 Å². The van der Waals surface area contributed by atoms with Crippen molar-refractivity contribution in [2.75, 3.05) is 6.61 Å². The Balaban J connectivity index is 2.27. The number of aliphatic hydroxyl groups is 1. The van der Waals surface area contributed by atoms with Gasteiger partial charge in [-0.15, -0.1) is 11.8 Å². The number of aromatic amines is 1. The zero-order chi connectivity index (χ0) is 11.0. The van der Waals surface area contributed by atoms with Crippen LogP contribution >= 0.6 is 11.8 Å². The SMILES string of the molecule is Cc1cn([C@@H]2C[C@@H](CO)S2)c(=O)[nH]c1=O. The Morgan fingerprint density at radius 1 is 1.67 bits per heavy atom. The maximum Gasteiger partial charge on any atom is 0.329 e. The van der Waals surface area contributed by atoms with E-state index in [0.717, 1.165) is 6.42 Å². The van der Waals surface area contributed by atoms with Gasteiger partial charge >= 0.3 is 5.69 Å². The summed E-state index contributed by atoms with van der Waals surface area (Å²) in [7, 11) is 0. The summed E-state index contributed by atoms with van der Waals surface area (Å²) >= 11 is 1.55. The molecule has 0 bridgehead atoms. The van der Waals surface area contributed by atoms with E-state index in [2.05, 4.69) is 4.98 Å². The number of aromatic nitrogens is 2. The van der Waals surface area contributed by atoms with E-state index in [1.807, 2.05) is 0 Å². The van der Waals surface area contributed by atoms with Crippen molar-refractivity contribution in [3.63, 3.8) is 0 Å². The first-order valence-corrected chi connectivity index (χ1v) is 5.64. The van der Waals surface area contributed by atoms with Gasteiger partial charge in [0.25, 0.3) is 5.56 Å². The molecular weight excluding hydrogens is 216 g/mol. The lowest BCUT2D eigenvalue weighted by molar-refractivity contribution is 0.276. The van der Waals surface area contributed by atoms with Crippen molar-refractivity contribution in [2.24, 2.45) is 0 Å². The van der Waals surface area contributed by atoms with Crippen LogP contribution in [0, 0.1) is 6.92 Å². The van der Waals surface area contributed by atoms with E-state index >= 15 is 0 Å². The van der Waals surface area contributed by atoms with Crippen LogP contribution in [0.2, 0.25) is 0 Å². The van der Waals surface area contributed by atoms with Crippen LogP contribution in [0.4, 0.5) is 0 Å². The smallest absolute Gasteiger partial charge is 0.329 e. The van der Waals surface area contributed by atoms with E-state index in [1.54, 1.807) is 24.9 Å². The number of aryl methyl sites for hydroxylation is 1. The van der Waals surface area contributed by atoms with Crippen molar-refractivity contribution in [3.05, 3.63) is 32.6 Å². The molecule has 1 aromatic heterocycles. The maximum absolute atomic E-state index is 11.5. The molecule has 6 heteroatoms. The average molecular weight is 228 g/mol. The maximum atomic E-state index is 11.5. The van der Waals surface area contributed by atoms with E-state index in [9.17, 15) is 9.59 Å². The second-order valence-corrected chi connectivity index (χ2v) is 5.09. The first-order chi connectivity index (χ1) is 7.11. The summed E-state index contributed by atoms with van der Waals surface area (Å²) in [6, 6.07) is 0. The quantitative estimate of drug-likeness (QED) is 0.737. The number of nitrogens with zero attached hydrogens (tertiary/aromatic N) is 1. The van der Waals surface area contributed by atoms with Gasteiger partial charge in [0.1, 0.15) is 0 Å². The molecule has 0 spiro atoms. The van der Waals surface area contributed by atoms with Crippen molar-refractivity contribution >= 4 is 11.8 Å². The molecule has 0 amide bonds. The van der Waals surface area contributed by atoms with Crippen LogP contribution < -0.4 is 11.2 Å². The van der Waals surface area contributed by atoms with Gasteiger partial charge in [0.05, 0.1) is 12.0 Å². The summed E-state index contributed by atoms with van der Waals surface area (Å²) in [4.78, 5) is 24.8. The molecule has 0 radical (unpaired) electrons. The first-order valence-electron chi connectivity index (χ1n) is 4.70. The van der Waals surface area contributed by atoms with Gasteiger partial charge in [0.15, 0.2) is 0 Å². The van der Waals surface area contributed by atoms with Crippen LogP contribution in [-0.4, -0.2) is 26.5 Å². The lowest BCUT2D eigenvalue weighted by Gasteiger charge is -2.34. The van der Waals surface area contributed by atoms with Crippen molar-refractivity contribution < 1.29 is 5.11 Å². The molecule has 0 aliphatic carbocycles. The van der Waals surface area contributed by atoms with E-state index in [1.165, 1.54) is 4.57 Å². The molecule has 0 unspecified atom stereocenters. The molecule has 2 rings (SSSR count). The summed E-state index contributed by atoms with van der Waals surface area (Å²) in [6.07, 6.45) is 2.35. The minimum Gasteiger partial charge on any atom is -0.395 e. The third-order valence-corrected chi connectivity index (χ3v) is 3.93. The van der Waals surface area contributed by atoms with Crippen molar-refractivity contribution in [1.29, 1.82) is 0 Å². The molecule has 15 heavy (non-hydrogen) atoms. The number of hydrogen-bond donors (Lipinski definition) is 2. The third kappa shape index (κ3) is 1.87. The minimum atomic E-state index is -0.375. The molecule has 82 valence electrons. The zero-order valence-electron chi connectivity index (χ0n) is 8.27. The highest BCUT2D eigenvalue weighted by Crippen LogP contribution is 2.43. The van der Waals surface area contributed by atoms with E-state index in [-0.39, 0.29) is 28.5 Å². The van der Waals surface area contributed by atoms with Gasteiger partial charge < -0.3 is 5.11 Å². The normalized spacial score (nSPS) is 24.9. The fraction of sp³-hybridized carbons (Fsp3) is 0.556. The number of H-pyrrole nitrogens is 1. The van der Waals surface area contributed by atoms with Crippen LogP contribution in [0.15, 0.2) is 15.8 Å². The molecule has 0 aromatic carbocycles. The fourth-order valence-corrected chi connectivity index (χ4v) is 2.63. The van der Waals surface area contributed by atoms with Gasteiger partial charge in [-0.3, -0.25) is 14.3 Å². The largest absolute Gasteiger partial charge is 0.395 e. The fourth-order valence-electron chi connectivity index (χ4n) is 1.53. The highest BCUT2D eigenvalue weighted by molar-refractivity contribution is 8.01. The summed E-state index contributed by atoms with van der Waals surface area (Å²) < 4.78 is 1.52. The predicted molar refractivity (Wildman–Crippen MR) is 58.2 cm³/mol. The Morgan fingerprint density at radius 2 is 2.33 bits per heavy atom. The Labute approximate surface area is 90.1 Å². The molecule has 1 fully saturated rings. The van der Waals surface area contributed by atoms with Gasteiger partial charge in [-0.2, -0.15) is 0 Å². The summed E-state index contributed by atoms with van der Waals surface area (Å²) in [5, 5.41) is 9.12. The third-order valence-electron chi connectivity index (χ3n) is 2.47. The number of thioether (sulfide) groups is 1. The summed E-state index contributed by atoms with van der Waals surface area (Å²) in [6.45, 7) is 1.81. The van der Waals surface area contributed by atoms with Gasteiger partial charge in [-0.25, -0.2) is 4.79 Å². The molecule has 2 N–H and O–H groups in total. The summed E-state index contributed by atoms with van der Waals surface area (Å²) in [5.74, 6) is 0. The molecule has 1 aliphatic rings. The van der Waals surface area contributed by atoms with Crippen molar-refractivity contribution in [1.82, 2.24) is 9.55 Å². The Bertz CT molecular complexity index is 473. The highest BCUT2D eigenvalue weighted by Gasteiger charge is 2.31. The van der Waals surface area contributed by atoms with Gasteiger partial charge in [-0.05, 0) is 13.3 Å². The topological polar surface area (TPSA) is 75.1 Å². The van der Waals surface area contributed by atoms with Crippen LogP contribution in [0.3, 0.4) is 0 Å². The average Bonchev–Trinajstić information content (AvgIpc) is 2.12. The molecule has 2 heterocycles. The molecule has 1 saturated heterocycles.